The molecule has 0 rings (SSSR count). The molecule has 6 nitrogen and oxygen atoms in total. The molecule has 0 fully saturated rings. The lowest BCUT2D eigenvalue weighted by molar-refractivity contribution is -0.143. The first-order chi connectivity index (χ1) is 44.4. The van der Waals surface area contributed by atoms with E-state index in [1.54, 1.807) is 0 Å². The average Bonchev–Trinajstić information content (AvgIpc) is 0.852. The van der Waals surface area contributed by atoms with E-state index in [9.17, 15) is 9.59 Å². The summed E-state index contributed by atoms with van der Waals surface area (Å²) in [4.78, 5) is 25.8. The van der Waals surface area contributed by atoms with Crippen molar-refractivity contribution < 1.29 is 23.2 Å². The molecule has 92 heavy (non-hydrogen) atoms. The number of carbonyl (C=O) groups excluding carboxylic acids is 2. The van der Waals surface area contributed by atoms with E-state index in [0.29, 0.717) is 26.1 Å². The van der Waals surface area contributed by atoms with Gasteiger partial charge < -0.3 is 18.9 Å². The van der Waals surface area contributed by atoms with E-state index >= 15 is 0 Å². The summed E-state index contributed by atoms with van der Waals surface area (Å²) in [6.45, 7) is 28.8. The van der Waals surface area contributed by atoms with Crippen LogP contribution in [0.25, 0.3) is 0 Å². The Morgan fingerprint density at radius 3 is 1.02 bits per heavy atom. The molecule has 0 aromatic rings. The first-order valence-electron chi connectivity index (χ1n) is 40.8. The van der Waals surface area contributed by atoms with Crippen molar-refractivity contribution in [3.63, 3.8) is 0 Å². The molecule has 1 N–H and O–H groups in total. The largest absolute Gasteiger partial charge is 0.466 e. The number of hydrogen-bond acceptors (Lipinski definition) is 5. The third-order valence-electron chi connectivity index (χ3n) is 20.5. The third kappa shape index (κ3) is 59.5. The van der Waals surface area contributed by atoms with Gasteiger partial charge in [0.25, 0.3) is 0 Å². The summed E-state index contributed by atoms with van der Waals surface area (Å²) < 4.78 is 19.5. The van der Waals surface area contributed by atoms with Crippen LogP contribution < -0.4 is 5.32 Å². The van der Waals surface area contributed by atoms with Crippen LogP contribution in [0.5, 0.6) is 0 Å². The van der Waals surface area contributed by atoms with E-state index in [0.717, 1.165) is 44.9 Å². The van der Waals surface area contributed by atoms with Gasteiger partial charge in [0.05, 0.1) is 25.4 Å². The lowest BCUT2D eigenvalue weighted by Gasteiger charge is -2.42. The Morgan fingerprint density at radius 2 is 0.652 bits per heavy atom. The zero-order valence-corrected chi connectivity index (χ0v) is 66.3. The molecule has 1 amide bonds. The lowest BCUT2D eigenvalue weighted by atomic mass is 10.0. The Balaban J connectivity index is 3.94. The van der Waals surface area contributed by atoms with Crippen LogP contribution in [-0.4, -0.2) is 53.9 Å². The maximum Gasteiger partial charge on any atom is 0.305 e. The summed E-state index contributed by atoms with van der Waals surface area (Å²) in [5, 5.41) is 3.66. The van der Waals surface area contributed by atoms with Gasteiger partial charge in [-0.3, -0.25) is 9.59 Å². The monoisotopic (exact) mass is 1320 g/mol. The Hall–Kier alpha value is -1.75. The Kier molecular flexibility index (Phi) is 62.7. The predicted octanol–water partition coefficient (Wildman–Crippen LogP) is 28.5. The zero-order valence-electron chi connectivity index (χ0n) is 64.3. The fourth-order valence-corrected chi connectivity index (χ4v) is 14.2. The standard InChI is InChI=1S/C84H163NO5Si2/c1-13-15-17-19-21-23-25-27-47-52-56-60-64-68-72-76-82(87)88-77-73-69-65-61-57-53-49-46-44-42-40-38-36-34-32-30-28-29-31-33-35-37-39-41-43-45-48-51-55-59-63-67-71-75-81(86)85-79(78-89-91(9,10)83(3,4)5)80(90-92(11,12)84(6,7)8)74-70-66-62-58-54-50-26-24-22-20-18-16-14-2/h21,23,27,44,46-47,70,74,79-80H,13-20,22,24-26,28-43,45,48-69,71-73,75-78H2,1-12H3,(H,85,86)/b23-21-,46-44+,47-27-,74-70+/t79-,80+/m0/s1. The highest BCUT2D eigenvalue weighted by atomic mass is 28.4. The number of allylic oxidation sites excluding steroid dienone is 7. The van der Waals surface area contributed by atoms with Crippen LogP contribution in [0.1, 0.15) is 415 Å². The molecule has 0 aromatic carbocycles. The smallest absolute Gasteiger partial charge is 0.305 e. The summed E-state index contributed by atoms with van der Waals surface area (Å²) >= 11 is 0. The lowest BCUT2D eigenvalue weighted by Crippen LogP contribution is -2.54. The minimum atomic E-state index is -2.14. The fraction of sp³-hybridized carbons (Fsp3) is 0.881. The molecule has 0 aliphatic carbocycles. The Labute approximate surface area is 578 Å². The van der Waals surface area contributed by atoms with Gasteiger partial charge in [-0.05, 0) is 126 Å². The summed E-state index contributed by atoms with van der Waals surface area (Å²) in [7, 11) is -4.18. The van der Waals surface area contributed by atoms with Crippen molar-refractivity contribution in [2.45, 2.75) is 463 Å². The molecule has 0 saturated heterocycles. The zero-order chi connectivity index (χ0) is 67.8. The van der Waals surface area contributed by atoms with E-state index in [2.05, 4.69) is 136 Å². The fourth-order valence-electron chi connectivity index (χ4n) is 11.8. The Morgan fingerprint density at radius 1 is 0.359 bits per heavy atom. The highest BCUT2D eigenvalue weighted by Crippen LogP contribution is 2.39. The van der Waals surface area contributed by atoms with Gasteiger partial charge in [-0.1, -0.05) is 361 Å². The van der Waals surface area contributed by atoms with Crippen LogP contribution in [0, 0.1) is 0 Å². The summed E-state index contributed by atoms with van der Waals surface area (Å²) in [5.74, 6) is 0.152. The average molecular weight is 1320 g/mol. The van der Waals surface area contributed by atoms with Gasteiger partial charge in [-0.25, -0.2) is 0 Å². The number of amides is 1. The highest BCUT2D eigenvalue weighted by Gasteiger charge is 2.42. The number of carbonyl (C=O) groups is 2. The van der Waals surface area contributed by atoms with Crippen LogP contribution in [0.3, 0.4) is 0 Å². The molecule has 0 spiro atoms. The van der Waals surface area contributed by atoms with Gasteiger partial charge in [0.1, 0.15) is 0 Å². The minimum Gasteiger partial charge on any atom is -0.466 e. The van der Waals surface area contributed by atoms with Crippen LogP contribution >= 0.6 is 0 Å². The molecule has 0 aliphatic heterocycles. The molecule has 0 heterocycles. The normalized spacial score (nSPS) is 13.5. The van der Waals surface area contributed by atoms with E-state index in [1.807, 2.05) is 0 Å². The molecule has 2 atom stereocenters. The summed E-state index contributed by atoms with van der Waals surface area (Å²) in [6.07, 6.45) is 90.3. The second kappa shape index (κ2) is 64.0. The number of ether oxygens (including phenoxy) is 1. The van der Waals surface area contributed by atoms with Crippen molar-refractivity contribution in [2.24, 2.45) is 0 Å². The number of nitrogens with one attached hydrogen (secondary N) is 1. The minimum absolute atomic E-state index is 0.00264. The quantitative estimate of drug-likeness (QED) is 0.0284. The van der Waals surface area contributed by atoms with Crippen LogP contribution in [0.4, 0.5) is 0 Å². The second-order valence-corrected chi connectivity index (χ2v) is 41.2. The van der Waals surface area contributed by atoms with Crippen LogP contribution in [0.2, 0.25) is 36.3 Å². The molecule has 0 radical (unpaired) electrons. The van der Waals surface area contributed by atoms with Gasteiger partial charge >= 0.3 is 5.97 Å². The van der Waals surface area contributed by atoms with Gasteiger partial charge in [0.2, 0.25) is 5.91 Å². The van der Waals surface area contributed by atoms with Crippen molar-refractivity contribution in [1.29, 1.82) is 0 Å². The first kappa shape index (κ1) is 90.3. The van der Waals surface area contributed by atoms with Crippen LogP contribution in [0.15, 0.2) is 48.6 Å². The number of rotatable bonds is 69. The SMILES string of the molecule is CCCCC/C=C\C/C=C\CCCCCCCC(=O)OCCCCCCCC/C=C/CCCCCCCCCCCCCCCCCCCCCCCCCC(=O)N[C@@H](CO[Si](C)(C)C(C)(C)C)[C@@H](/C=C/CCCCCCCCCCCCC)O[Si](C)(C)C(C)(C)C. The molecular weight excluding hydrogens is 1160 g/mol. The van der Waals surface area contributed by atoms with Crippen molar-refractivity contribution in [2.75, 3.05) is 13.2 Å². The van der Waals surface area contributed by atoms with E-state index in [4.69, 9.17) is 13.6 Å². The molecule has 0 bridgehead atoms. The predicted molar refractivity (Wildman–Crippen MR) is 415 cm³/mol. The molecular formula is C84H163NO5Si2. The van der Waals surface area contributed by atoms with E-state index < -0.39 is 16.6 Å². The number of esters is 1. The number of unbranched alkanes of at least 4 members (excludes halogenated alkanes) is 48. The molecule has 0 unspecified atom stereocenters. The molecule has 0 aliphatic rings. The molecule has 542 valence electrons. The molecule has 0 aromatic heterocycles. The van der Waals surface area contributed by atoms with Crippen molar-refractivity contribution >= 4 is 28.5 Å². The van der Waals surface area contributed by atoms with Crippen molar-refractivity contribution in [1.82, 2.24) is 5.32 Å². The maximum atomic E-state index is 13.7. The van der Waals surface area contributed by atoms with Gasteiger partial charge in [-0.2, -0.15) is 0 Å². The van der Waals surface area contributed by atoms with Gasteiger partial charge in [-0.15, -0.1) is 0 Å². The molecule has 0 saturated carbocycles. The number of hydrogen-bond donors (Lipinski definition) is 1. The van der Waals surface area contributed by atoms with Crippen molar-refractivity contribution in [3.05, 3.63) is 48.6 Å². The van der Waals surface area contributed by atoms with Crippen molar-refractivity contribution in [3.8, 4) is 0 Å². The van der Waals surface area contributed by atoms with Gasteiger partial charge in [0.15, 0.2) is 16.6 Å². The van der Waals surface area contributed by atoms with E-state index in [1.165, 1.54) is 302 Å². The van der Waals surface area contributed by atoms with Crippen LogP contribution in [-0.2, 0) is 23.2 Å². The first-order valence-corrected chi connectivity index (χ1v) is 46.6. The van der Waals surface area contributed by atoms with Gasteiger partial charge in [0, 0.05) is 12.8 Å². The summed E-state index contributed by atoms with van der Waals surface area (Å²) in [6, 6.07) is -0.200. The molecule has 8 heteroatoms. The second-order valence-electron chi connectivity index (χ2n) is 31.6. The maximum absolute atomic E-state index is 13.7. The topological polar surface area (TPSA) is 73.9 Å². The van der Waals surface area contributed by atoms with E-state index in [-0.39, 0.29) is 34.1 Å². The summed E-state index contributed by atoms with van der Waals surface area (Å²) in [5.41, 5.74) is 0. The Bertz CT molecular complexity index is 1720. The third-order valence-corrected chi connectivity index (χ3v) is 29.5. The highest BCUT2D eigenvalue weighted by molar-refractivity contribution is 6.74.